The zero-order valence-electron chi connectivity index (χ0n) is 12.7. The van der Waals surface area contributed by atoms with Crippen LogP contribution in [-0.4, -0.2) is 24.6 Å². The van der Waals surface area contributed by atoms with Crippen molar-refractivity contribution in [1.29, 1.82) is 0 Å². The van der Waals surface area contributed by atoms with E-state index < -0.39 is 12.1 Å². The van der Waals surface area contributed by atoms with Gasteiger partial charge in [0.1, 0.15) is 23.8 Å². The maximum Gasteiger partial charge on any atom is 0.196 e. The van der Waals surface area contributed by atoms with Crippen molar-refractivity contribution in [2.45, 2.75) is 26.7 Å². The lowest BCUT2D eigenvalue weighted by atomic mass is 10.3. The van der Waals surface area contributed by atoms with Crippen molar-refractivity contribution in [3.05, 3.63) is 59.1 Å². The number of nitrogens with zero attached hydrogens (tertiary/aromatic N) is 3. The minimum absolute atomic E-state index is 0.0469. The normalized spacial score (nSPS) is 11.4. The van der Waals surface area contributed by atoms with Crippen molar-refractivity contribution in [3.8, 4) is 5.75 Å². The van der Waals surface area contributed by atoms with Crippen LogP contribution >= 0.6 is 0 Å². The number of aliphatic hydroxyl groups excluding tert-OH is 1. The van der Waals surface area contributed by atoms with Crippen molar-refractivity contribution in [2.24, 2.45) is 0 Å². The predicted octanol–water partition coefficient (Wildman–Crippen LogP) is 2.05. The third-order valence-corrected chi connectivity index (χ3v) is 3.49. The molecule has 120 valence electrons. The standard InChI is InChI=1S/C16H16FN3O3/c1-9-6-13(23-8-12-11(17)4-3-5-18-12)15-19-10(2)14(16(21)22)20(15)7-9/h3-7,16,21-22H,8H2,1-2H3. The average Bonchev–Trinajstić information content (AvgIpc) is 2.82. The van der Waals surface area contributed by atoms with Gasteiger partial charge in [0.25, 0.3) is 0 Å². The quantitative estimate of drug-likeness (QED) is 0.720. The summed E-state index contributed by atoms with van der Waals surface area (Å²) >= 11 is 0. The van der Waals surface area contributed by atoms with E-state index in [0.717, 1.165) is 5.56 Å². The molecule has 3 aromatic heterocycles. The monoisotopic (exact) mass is 317 g/mol. The number of pyridine rings is 2. The topological polar surface area (TPSA) is 79.9 Å². The Morgan fingerprint density at radius 1 is 1.35 bits per heavy atom. The second kappa shape index (κ2) is 5.94. The summed E-state index contributed by atoms with van der Waals surface area (Å²) < 4.78 is 20.9. The molecule has 0 atom stereocenters. The molecule has 0 bridgehead atoms. The molecule has 7 heteroatoms. The van der Waals surface area contributed by atoms with Gasteiger partial charge in [0.05, 0.1) is 5.69 Å². The average molecular weight is 317 g/mol. The largest absolute Gasteiger partial charge is 0.483 e. The SMILES string of the molecule is Cc1cc(OCc2ncccc2F)c2nc(C)c(C(O)O)n2c1. The molecule has 23 heavy (non-hydrogen) atoms. The molecule has 0 aliphatic heterocycles. The lowest BCUT2D eigenvalue weighted by molar-refractivity contribution is -0.0469. The van der Waals surface area contributed by atoms with E-state index in [2.05, 4.69) is 9.97 Å². The van der Waals surface area contributed by atoms with Crippen molar-refractivity contribution in [3.63, 3.8) is 0 Å². The minimum Gasteiger partial charge on any atom is -0.483 e. The first-order valence-electron chi connectivity index (χ1n) is 7.05. The van der Waals surface area contributed by atoms with Crippen LogP contribution in [0.4, 0.5) is 4.39 Å². The molecule has 0 aliphatic carbocycles. The smallest absolute Gasteiger partial charge is 0.196 e. The van der Waals surface area contributed by atoms with Crippen molar-refractivity contribution in [1.82, 2.24) is 14.4 Å². The van der Waals surface area contributed by atoms with E-state index in [4.69, 9.17) is 4.74 Å². The molecule has 3 rings (SSSR count). The van der Waals surface area contributed by atoms with Gasteiger partial charge in [-0.25, -0.2) is 9.37 Å². The maximum absolute atomic E-state index is 13.6. The molecule has 6 nitrogen and oxygen atoms in total. The Bertz CT molecular complexity index is 861. The second-order valence-corrected chi connectivity index (χ2v) is 5.25. The third kappa shape index (κ3) is 2.88. The van der Waals surface area contributed by atoms with Crippen molar-refractivity contribution in [2.75, 3.05) is 0 Å². The van der Waals surface area contributed by atoms with E-state index in [1.54, 1.807) is 23.6 Å². The van der Waals surface area contributed by atoms with Gasteiger partial charge in [-0.05, 0) is 37.6 Å². The van der Waals surface area contributed by atoms with Gasteiger partial charge in [0, 0.05) is 12.4 Å². The summed E-state index contributed by atoms with van der Waals surface area (Å²) in [4.78, 5) is 8.25. The van der Waals surface area contributed by atoms with Crippen LogP contribution in [0.2, 0.25) is 0 Å². The highest BCUT2D eigenvalue weighted by atomic mass is 19.1. The number of hydrogen-bond acceptors (Lipinski definition) is 5. The van der Waals surface area contributed by atoms with Gasteiger partial charge in [-0.1, -0.05) is 0 Å². The van der Waals surface area contributed by atoms with E-state index in [1.807, 2.05) is 6.92 Å². The number of halogens is 1. The van der Waals surface area contributed by atoms with Gasteiger partial charge in [-0.3, -0.25) is 9.38 Å². The lowest BCUT2D eigenvalue weighted by Gasteiger charge is -2.10. The molecule has 0 aliphatic rings. The molecule has 0 saturated carbocycles. The van der Waals surface area contributed by atoms with Crippen LogP contribution in [0.15, 0.2) is 30.6 Å². The molecular weight excluding hydrogens is 301 g/mol. The molecule has 0 unspecified atom stereocenters. The molecule has 0 fully saturated rings. The van der Waals surface area contributed by atoms with Crippen molar-refractivity contribution >= 4 is 5.65 Å². The number of aryl methyl sites for hydroxylation is 2. The fraction of sp³-hybridized carbons (Fsp3) is 0.250. The summed E-state index contributed by atoms with van der Waals surface area (Å²) in [5.41, 5.74) is 2.23. The summed E-state index contributed by atoms with van der Waals surface area (Å²) in [7, 11) is 0. The molecule has 0 spiro atoms. The number of fused-ring (bicyclic) bond motifs is 1. The van der Waals surface area contributed by atoms with Gasteiger partial charge in [0.2, 0.25) is 0 Å². The van der Waals surface area contributed by atoms with E-state index >= 15 is 0 Å². The van der Waals surface area contributed by atoms with E-state index in [1.165, 1.54) is 18.3 Å². The molecule has 3 aromatic rings. The fourth-order valence-electron chi connectivity index (χ4n) is 2.46. The Balaban J connectivity index is 2.01. The Hall–Kier alpha value is -2.51. The Labute approximate surface area is 131 Å². The fourth-order valence-corrected chi connectivity index (χ4v) is 2.46. The summed E-state index contributed by atoms with van der Waals surface area (Å²) in [5.74, 6) is -0.0211. The van der Waals surface area contributed by atoms with Gasteiger partial charge >= 0.3 is 0 Å². The number of aromatic nitrogens is 3. The first-order valence-corrected chi connectivity index (χ1v) is 7.05. The van der Waals surface area contributed by atoms with Gasteiger partial charge < -0.3 is 14.9 Å². The predicted molar refractivity (Wildman–Crippen MR) is 80.4 cm³/mol. The summed E-state index contributed by atoms with van der Waals surface area (Å²) in [6.07, 6.45) is 1.58. The first-order chi connectivity index (χ1) is 11.0. The molecule has 0 aromatic carbocycles. The highest BCUT2D eigenvalue weighted by molar-refractivity contribution is 5.57. The first kappa shape index (κ1) is 15.4. The molecule has 0 saturated heterocycles. The van der Waals surface area contributed by atoms with E-state index in [-0.39, 0.29) is 18.0 Å². The van der Waals surface area contributed by atoms with Crippen LogP contribution < -0.4 is 4.74 Å². The highest BCUT2D eigenvalue weighted by Crippen LogP contribution is 2.27. The zero-order valence-corrected chi connectivity index (χ0v) is 12.7. The summed E-state index contributed by atoms with van der Waals surface area (Å²) in [6, 6.07) is 4.59. The highest BCUT2D eigenvalue weighted by Gasteiger charge is 2.18. The number of imidazole rings is 1. The zero-order chi connectivity index (χ0) is 16.6. The molecule has 2 N–H and O–H groups in total. The number of hydrogen-bond donors (Lipinski definition) is 2. The number of rotatable bonds is 4. The van der Waals surface area contributed by atoms with Crippen LogP contribution in [0.1, 0.15) is 28.9 Å². The minimum atomic E-state index is -1.65. The summed E-state index contributed by atoms with van der Waals surface area (Å²) in [6.45, 7) is 3.48. The Kier molecular flexibility index (Phi) is 3.97. The molecular formula is C16H16FN3O3. The van der Waals surface area contributed by atoms with Gasteiger partial charge in [-0.2, -0.15) is 0 Å². The Morgan fingerprint density at radius 3 is 2.83 bits per heavy atom. The number of aliphatic hydroxyl groups is 2. The third-order valence-electron chi connectivity index (χ3n) is 3.49. The Morgan fingerprint density at radius 2 is 2.13 bits per heavy atom. The van der Waals surface area contributed by atoms with Gasteiger partial charge in [0.15, 0.2) is 17.7 Å². The van der Waals surface area contributed by atoms with Crippen LogP contribution in [0.3, 0.4) is 0 Å². The summed E-state index contributed by atoms with van der Waals surface area (Å²) in [5, 5.41) is 19.0. The molecule has 0 radical (unpaired) electrons. The number of ether oxygens (including phenoxy) is 1. The second-order valence-electron chi connectivity index (χ2n) is 5.25. The van der Waals surface area contributed by atoms with Gasteiger partial charge in [-0.15, -0.1) is 0 Å². The van der Waals surface area contributed by atoms with E-state index in [9.17, 15) is 14.6 Å². The van der Waals surface area contributed by atoms with Crippen LogP contribution in [-0.2, 0) is 6.61 Å². The van der Waals surface area contributed by atoms with Crippen molar-refractivity contribution < 1.29 is 19.3 Å². The van der Waals surface area contributed by atoms with Crippen LogP contribution in [0.25, 0.3) is 5.65 Å². The van der Waals surface area contributed by atoms with Crippen LogP contribution in [0, 0.1) is 19.7 Å². The molecule has 3 heterocycles. The lowest BCUT2D eigenvalue weighted by Crippen LogP contribution is -2.05. The van der Waals surface area contributed by atoms with E-state index in [0.29, 0.717) is 17.1 Å². The maximum atomic E-state index is 13.6. The van der Waals surface area contributed by atoms with Crippen LogP contribution in [0.5, 0.6) is 5.75 Å². The molecule has 0 amide bonds.